The van der Waals surface area contributed by atoms with E-state index in [9.17, 15) is 4.79 Å². The molecule has 20 heavy (non-hydrogen) atoms. The third-order valence-corrected chi connectivity index (χ3v) is 5.87. The van der Waals surface area contributed by atoms with Crippen LogP contribution in [-0.2, 0) is 6.54 Å². The van der Waals surface area contributed by atoms with E-state index in [2.05, 4.69) is 5.32 Å². The Labute approximate surface area is 118 Å². The summed E-state index contributed by atoms with van der Waals surface area (Å²) in [4.78, 5) is 10.8. The van der Waals surface area contributed by atoms with Gasteiger partial charge in [-0.05, 0) is 55.4 Å². The maximum absolute atomic E-state index is 10.8. The molecule has 108 valence electrons. The van der Waals surface area contributed by atoms with Crippen molar-refractivity contribution >= 4 is 5.97 Å². The van der Waals surface area contributed by atoms with Crippen molar-refractivity contribution in [1.29, 1.82) is 0 Å². The number of carboxylic acids is 1. The van der Waals surface area contributed by atoms with Crippen molar-refractivity contribution in [2.45, 2.75) is 44.7 Å². The van der Waals surface area contributed by atoms with Crippen LogP contribution < -0.4 is 5.32 Å². The van der Waals surface area contributed by atoms with Crippen molar-refractivity contribution in [2.24, 2.45) is 23.7 Å². The molecule has 2 N–H and O–H groups in total. The molecule has 0 aliphatic heterocycles. The van der Waals surface area contributed by atoms with Crippen molar-refractivity contribution in [3.05, 3.63) is 23.7 Å². The summed E-state index contributed by atoms with van der Waals surface area (Å²) in [6.07, 6.45) is 8.35. The largest absolute Gasteiger partial charge is 0.478 e. The van der Waals surface area contributed by atoms with Crippen LogP contribution in [0.4, 0.5) is 0 Å². The van der Waals surface area contributed by atoms with Gasteiger partial charge in [0, 0.05) is 6.04 Å². The molecule has 2 bridgehead atoms. The van der Waals surface area contributed by atoms with Gasteiger partial charge in [-0.3, -0.25) is 0 Å². The lowest BCUT2D eigenvalue weighted by Crippen LogP contribution is -2.38. The summed E-state index contributed by atoms with van der Waals surface area (Å²) in [7, 11) is 0. The Morgan fingerprint density at radius 1 is 1.30 bits per heavy atom. The van der Waals surface area contributed by atoms with Crippen LogP contribution in [0.1, 0.15) is 48.2 Å². The van der Waals surface area contributed by atoms with E-state index in [1.807, 2.05) is 0 Å². The summed E-state index contributed by atoms with van der Waals surface area (Å²) < 4.78 is 5.31. The molecular formula is C16H21NO3. The summed E-state index contributed by atoms with van der Waals surface area (Å²) in [6, 6.07) is 2.23. The molecule has 0 aromatic carbocycles. The molecule has 3 aliphatic carbocycles. The van der Waals surface area contributed by atoms with Gasteiger partial charge in [-0.2, -0.15) is 0 Å². The summed E-state index contributed by atoms with van der Waals surface area (Å²) in [6.45, 7) is 0.651. The molecule has 3 fully saturated rings. The van der Waals surface area contributed by atoms with E-state index in [1.54, 1.807) is 6.07 Å². The number of nitrogens with one attached hydrogen (secondary N) is 1. The second-order valence-corrected chi connectivity index (χ2v) is 6.75. The molecule has 0 radical (unpaired) electrons. The van der Waals surface area contributed by atoms with Crippen molar-refractivity contribution in [3.63, 3.8) is 0 Å². The highest BCUT2D eigenvalue weighted by Gasteiger charge is 2.53. The molecule has 1 heterocycles. The zero-order valence-electron chi connectivity index (χ0n) is 11.5. The van der Waals surface area contributed by atoms with Gasteiger partial charge in [-0.1, -0.05) is 6.42 Å². The number of hydrogen-bond donors (Lipinski definition) is 2. The fraction of sp³-hybridized carbons (Fsp3) is 0.688. The minimum absolute atomic E-state index is 0.241. The third-order valence-electron chi connectivity index (χ3n) is 5.87. The maximum Gasteiger partial charge on any atom is 0.338 e. The molecule has 1 aromatic heterocycles. The number of aromatic carboxylic acids is 1. The van der Waals surface area contributed by atoms with Gasteiger partial charge < -0.3 is 14.8 Å². The first-order valence-corrected chi connectivity index (χ1v) is 7.76. The standard InChI is InChI=1S/C16H21NO3/c18-16(19)10-4-11(20-8-10)7-17-15-6-9-5-14(15)13-3-1-2-12(9)13/h4,8-9,12-15,17H,1-3,5-7H2,(H,18,19). The van der Waals surface area contributed by atoms with E-state index in [-0.39, 0.29) is 5.56 Å². The highest BCUT2D eigenvalue weighted by atomic mass is 16.4. The first-order valence-electron chi connectivity index (χ1n) is 7.76. The van der Waals surface area contributed by atoms with Crippen LogP contribution in [0.5, 0.6) is 0 Å². The molecule has 5 unspecified atom stereocenters. The van der Waals surface area contributed by atoms with Crippen LogP contribution >= 0.6 is 0 Å². The van der Waals surface area contributed by atoms with Crippen molar-refractivity contribution < 1.29 is 14.3 Å². The summed E-state index contributed by atoms with van der Waals surface area (Å²) in [5.74, 6) is 3.57. The van der Waals surface area contributed by atoms with E-state index < -0.39 is 5.97 Å². The van der Waals surface area contributed by atoms with E-state index in [0.29, 0.717) is 12.6 Å². The second kappa shape index (κ2) is 4.62. The predicted octanol–water partition coefficient (Wildman–Crippen LogP) is 2.89. The van der Waals surface area contributed by atoms with Crippen LogP contribution in [0.25, 0.3) is 0 Å². The lowest BCUT2D eigenvalue weighted by atomic mass is 9.79. The number of rotatable bonds is 4. The molecule has 0 spiro atoms. The Balaban J connectivity index is 1.37. The smallest absolute Gasteiger partial charge is 0.338 e. The van der Waals surface area contributed by atoms with Crippen LogP contribution in [0.3, 0.4) is 0 Å². The topological polar surface area (TPSA) is 62.5 Å². The van der Waals surface area contributed by atoms with Crippen LogP contribution in [0, 0.1) is 23.7 Å². The van der Waals surface area contributed by atoms with Crippen LogP contribution in [0.2, 0.25) is 0 Å². The molecule has 0 amide bonds. The molecule has 4 rings (SSSR count). The Kier molecular flexibility index (Phi) is 2.88. The number of carboxylic acid groups (broad SMARTS) is 1. The zero-order valence-corrected chi connectivity index (χ0v) is 11.5. The van der Waals surface area contributed by atoms with Crippen molar-refractivity contribution in [2.75, 3.05) is 0 Å². The Bertz CT molecular complexity index is 524. The molecule has 4 nitrogen and oxygen atoms in total. The van der Waals surface area contributed by atoms with Gasteiger partial charge in [-0.15, -0.1) is 0 Å². The molecule has 3 saturated carbocycles. The van der Waals surface area contributed by atoms with Crippen LogP contribution in [-0.4, -0.2) is 17.1 Å². The molecule has 1 aromatic rings. The number of furan rings is 1. The Morgan fingerprint density at radius 2 is 2.15 bits per heavy atom. The van der Waals surface area contributed by atoms with Crippen LogP contribution in [0.15, 0.2) is 16.7 Å². The van der Waals surface area contributed by atoms with Gasteiger partial charge in [0.15, 0.2) is 0 Å². The summed E-state index contributed by atoms with van der Waals surface area (Å²) in [5, 5.41) is 12.5. The highest BCUT2D eigenvalue weighted by molar-refractivity contribution is 5.87. The number of carbonyl (C=O) groups is 1. The molecule has 5 atom stereocenters. The van der Waals surface area contributed by atoms with E-state index in [1.165, 1.54) is 38.4 Å². The van der Waals surface area contributed by atoms with E-state index >= 15 is 0 Å². The minimum Gasteiger partial charge on any atom is -0.478 e. The van der Waals surface area contributed by atoms with E-state index in [0.717, 1.165) is 29.4 Å². The van der Waals surface area contributed by atoms with Crippen molar-refractivity contribution in [1.82, 2.24) is 5.32 Å². The fourth-order valence-corrected chi connectivity index (χ4v) is 5.12. The minimum atomic E-state index is -0.922. The van der Waals surface area contributed by atoms with E-state index in [4.69, 9.17) is 9.52 Å². The van der Waals surface area contributed by atoms with Gasteiger partial charge in [0.2, 0.25) is 0 Å². The SMILES string of the molecule is O=C(O)c1coc(CNC2CC3CC2C2CCCC32)c1. The molecule has 0 saturated heterocycles. The van der Waals surface area contributed by atoms with Gasteiger partial charge >= 0.3 is 5.97 Å². The third kappa shape index (κ3) is 1.89. The number of fused-ring (bicyclic) bond motifs is 5. The average Bonchev–Trinajstić information content (AvgIpc) is 3.17. The van der Waals surface area contributed by atoms with Gasteiger partial charge in [0.05, 0.1) is 12.1 Å². The summed E-state index contributed by atoms with van der Waals surface area (Å²) in [5.41, 5.74) is 0.241. The quantitative estimate of drug-likeness (QED) is 0.887. The molecule has 3 aliphatic rings. The predicted molar refractivity (Wildman–Crippen MR) is 73.3 cm³/mol. The maximum atomic E-state index is 10.8. The Morgan fingerprint density at radius 3 is 2.95 bits per heavy atom. The first kappa shape index (κ1) is 12.5. The lowest BCUT2D eigenvalue weighted by Gasteiger charge is -2.32. The zero-order chi connectivity index (χ0) is 13.7. The normalized spacial score (nSPS) is 38.3. The first-order chi connectivity index (χ1) is 9.72. The molecule has 4 heteroatoms. The molecular weight excluding hydrogens is 254 g/mol. The lowest BCUT2D eigenvalue weighted by molar-refractivity contribution is 0.0696. The monoisotopic (exact) mass is 275 g/mol. The van der Waals surface area contributed by atoms with Gasteiger partial charge in [0.25, 0.3) is 0 Å². The Hall–Kier alpha value is -1.29. The second-order valence-electron chi connectivity index (χ2n) is 6.75. The highest BCUT2D eigenvalue weighted by Crippen LogP contribution is 2.58. The van der Waals surface area contributed by atoms with Gasteiger partial charge in [-0.25, -0.2) is 4.79 Å². The number of hydrogen-bond acceptors (Lipinski definition) is 3. The fourth-order valence-electron chi connectivity index (χ4n) is 5.12. The van der Waals surface area contributed by atoms with Gasteiger partial charge in [0.1, 0.15) is 12.0 Å². The van der Waals surface area contributed by atoms with Crippen molar-refractivity contribution in [3.8, 4) is 0 Å². The average molecular weight is 275 g/mol. The summed E-state index contributed by atoms with van der Waals surface area (Å²) >= 11 is 0.